The lowest BCUT2D eigenvalue weighted by Crippen LogP contribution is -2.51. The van der Waals surface area contributed by atoms with E-state index in [0.717, 1.165) is 38.0 Å². The normalized spacial score (nSPS) is 24.5. The number of hydrogen-bond donors (Lipinski definition) is 2. The van der Waals surface area contributed by atoms with Gasteiger partial charge < -0.3 is 16.0 Å². The Morgan fingerprint density at radius 2 is 1.84 bits per heavy atom. The van der Waals surface area contributed by atoms with Crippen LogP contribution in [-0.4, -0.2) is 47.0 Å². The quantitative estimate of drug-likeness (QED) is 0.613. The van der Waals surface area contributed by atoms with E-state index in [4.69, 9.17) is 5.73 Å². The highest BCUT2D eigenvalue weighted by atomic mass is 32.2. The van der Waals surface area contributed by atoms with Gasteiger partial charge >= 0.3 is 0 Å². The van der Waals surface area contributed by atoms with Crippen molar-refractivity contribution < 1.29 is 9.59 Å². The molecule has 2 fully saturated rings. The number of nitrogens with zero attached hydrogens (tertiary/aromatic N) is 1. The zero-order valence-corrected chi connectivity index (χ0v) is 16.5. The fraction of sp³-hybridized carbons (Fsp3) is 0.895. The second kappa shape index (κ2) is 11.1. The Labute approximate surface area is 156 Å². The van der Waals surface area contributed by atoms with Crippen LogP contribution in [0.4, 0.5) is 0 Å². The van der Waals surface area contributed by atoms with Gasteiger partial charge in [-0.25, -0.2) is 0 Å². The van der Waals surface area contributed by atoms with E-state index in [1.165, 1.54) is 32.1 Å². The number of rotatable bonds is 9. The molecule has 1 aliphatic heterocycles. The summed E-state index contributed by atoms with van der Waals surface area (Å²) in [6.07, 6.45) is 11.0. The van der Waals surface area contributed by atoms with Crippen LogP contribution in [0.15, 0.2) is 0 Å². The van der Waals surface area contributed by atoms with Gasteiger partial charge in [-0.05, 0) is 38.1 Å². The highest BCUT2D eigenvalue weighted by molar-refractivity contribution is 8.00. The molecule has 2 aliphatic rings. The summed E-state index contributed by atoms with van der Waals surface area (Å²) in [5, 5.41) is 3.26. The van der Waals surface area contributed by atoms with Crippen molar-refractivity contribution >= 4 is 23.6 Å². The molecule has 0 spiro atoms. The largest absolute Gasteiger partial charge is 0.354 e. The standard InChI is InChI=1S/C19H35N3O2S/c1-2-17(23)22-16(18(24)21-13-9-4-3-8-12-20)14-25-19(22)15-10-6-5-7-11-15/h15-16,19H,2-14,20H2,1H3,(H,21,24). The predicted molar refractivity (Wildman–Crippen MR) is 104 cm³/mol. The Morgan fingerprint density at radius 3 is 2.52 bits per heavy atom. The topological polar surface area (TPSA) is 75.4 Å². The van der Waals surface area contributed by atoms with Crippen molar-refractivity contribution in [3.05, 3.63) is 0 Å². The van der Waals surface area contributed by atoms with Crippen LogP contribution >= 0.6 is 11.8 Å². The van der Waals surface area contributed by atoms with Crippen molar-refractivity contribution in [1.29, 1.82) is 0 Å². The van der Waals surface area contributed by atoms with Crippen LogP contribution in [-0.2, 0) is 9.59 Å². The van der Waals surface area contributed by atoms with Gasteiger partial charge in [-0.1, -0.05) is 39.0 Å². The van der Waals surface area contributed by atoms with E-state index in [-0.39, 0.29) is 23.2 Å². The summed E-state index contributed by atoms with van der Waals surface area (Å²) in [6.45, 7) is 3.34. The van der Waals surface area contributed by atoms with Gasteiger partial charge in [0.1, 0.15) is 6.04 Å². The van der Waals surface area contributed by atoms with Crippen LogP contribution in [0.2, 0.25) is 0 Å². The highest BCUT2D eigenvalue weighted by Gasteiger charge is 2.44. The molecule has 2 rings (SSSR count). The maximum absolute atomic E-state index is 12.7. The predicted octanol–water partition coefficient (Wildman–Crippen LogP) is 2.88. The molecule has 6 heteroatoms. The molecular formula is C19H35N3O2S. The van der Waals surface area contributed by atoms with Crippen molar-refractivity contribution in [2.45, 2.75) is 82.5 Å². The third-order valence-electron chi connectivity index (χ3n) is 5.41. The monoisotopic (exact) mass is 369 g/mol. The Hall–Kier alpha value is -0.750. The first-order chi connectivity index (χ1) is 12.2. The Kier molecular flexibility index (Phi) is 9.10. The van der Waals surface area contributed by atoms with E-state index < -0.39 is 0 Å². The molecule has 1 saturated heterocycles. The van der Waals surface area contributed by atoms with Crippen molar-refractivity contribution in [2.24, 2.45) is 11.7 Å². The SMILES string of the molecule is CCC(=O)N1C(C(=O)NCCCCCCN)CSC1C1CCCCC1. The first-order valence-corrected chi connectivity index (χ1v) is 11.1. The molecule has 2 atom stereocenters. The van der Waals surface area contributed by atoms with Gasteiger partial charge in [0.05, 0.1) is 5.37 Å². The number of unbranched alkanes of at least 4 members (excludes halogenated alkanes) is 3. The van der Waals surface area contributed by atoms with Crippen LogP contribution < -0.4 is 11.1 Å². The third-order valence-corrected chi connectivity index (χ3v) is 6.87. The number of carbonyl (C=O) groups excluding carboxylic acids is 2. The van der Waals surface area contributed by atoms with E-state index in [2.05, 4.69) is 5.32 Å². The number of amides is 2. The highest BCUT2D eigenvalue weighted by Crippen LogP contribution is 2.40. The maximum Gasteiger partial charge on any atom is 0.243 e. The van der Waals surface area contributed by atoms with E-state index >= 15 is 0 Å². The molecule has 0 aromatic heterocycles. The summed E-state index contributed by atoms with van der Waals surface area (Å²) in [7, 11) is 0. The van der Waals surface area contributed by atoms with Gasteiger partial charge in [0.2, 0.25) is 11.8 Å². The minimum absolute atomic E-state index is 0.0337. The average molecular weight is 370 g/mol. The van der Waals surface area contributed by atoms with Crippen LogP contribution in [0.25, 0.3) is 0 Å². The molecule has 0 radical (unpaired) electrons. The number of carbonyl (C=O) groups is 2. The van der Waals surface area contributed by atoms with Crippen LogP contribution in [0.5, 0.6) is 0 Å². The summed E-state index contributed by atoms with van der Waals surface area (Å²) >= 11 is 1.82. The molecule has 3 N–H and O–H groups in total. The lowest BCUT2D eigenvalue weighted by molar-refractivity contribution is -0.140. The summed E-state index contributed by atoms with van der Waals surface area (Å²) in [4.78, 5) is 27.1. The van der Waals surface area contributed by atoms with Gasteiger partial charge in [-0.15, -0.1) is 11.8 Å². The Balaban J connectivity index is 1.87. The maximum atomic E-state index is 12.7. The van der Waals surface area contributed by atoms with Crippen LogP contribution in [0.1, 0.15) is 71.1 Å². The summed E-state index contributed by atoms with van der Waals surface area (Å²) in [5.74, 6) is 1.46. The zero-order valence-electron chi connectivity index (χ0n) is 15.7. The van der Waals surface area contributed by atoms with Crippen molar-refractivity contribution in [3.8, 4) is 0 Å². The lowest BCUT2D eigenvalue weighted by atomic mass is 9.88. The van der Waals surface area contributed by atoms with Crippen molar-refractivity contribution in [3.63, 3.8) is 0 Å². The summed E-state index contributed by atoms with van der Waals surface area (Å²) < 4.78 is 0. The van der Waals surface area contributed by atoms with Gasteiger partial charge in [0.25, 0.3) is 0 Å². The van der Waals surface area contributed by atoms with Gasteiger partial charge in [-0.3, -0.25) is 9.59 Å². The lowest BCUT2D eigenvalue weighted by Gasteiger charge is -2.35. The van der Waals surface area contributed by atoms with E-state index in [1.807, 2.05) is 23.6 Å². The average Bonchev–Trinajstić information content (AvgIpc) is 3.09. The number of nitrogens with two attached hydrogens (primary N) is 1. The molecule has 2 amide bonds. The smallest absolute Gasteiger partial charge is 0.243 e. The Bertz CT molecular complexity index is 427. The fourth-order valence-electron chi connectivity index (χ4n) is 3.96. The fourth-order valence-corrected chi connectivity index (χ4v) is 5.62. The molecule has 1 heterocycles. The number of nitrogens with one attached hydrogen (secondary N) is 1. The second-order valence-corrected chi connectivity index (χ2v) is 8.44. The molecule has 1 saturated carbocycles. The van der Waals surface area contributed by atoms with Crippen molar-refractivity contribution in [2.75, 3.05) is 18.8 Å². The van der Waals surface area contributed by atoms with Crippen molar-refractivity contribution in [1.82, 2.24) is 10.2 Å². The minimum atomic E-state index is -0.284. The third kappa shape index (κ3) is 5.88. The van der Waals surface area contributed by atoms with E-state index in [1.54, 1.807) is 0 Å². The molecule has 0 aromatic carbocycles. The zero-order chi connectivity index (χ0) is 18.1. The molecule has 0 bridgehead atoms. The minimum Gasteiger partial charge on any atom is -0.354 e. The molecule has 0 aromatic rings. The van der Waals surface area contributed by atoms with Crippen LogP contribution in [0, 0.1) is 5.92 Å². The number of hydrogen-bond acceptors (Lipinski definition) is 4. The molecular weight excluding hydrogens is 334 g/mol. The van der Waals surface area contributed by atoms with Gasteiger partial charge in [-0.2, -0.15) is 0 Å². The first-order valence-electron chi connectivity index (χ1n) is 10.1. The number of thioether (sulfide) groups is 1. The van der Waals surface area contributed by atoms with Gasteiger partial charge in [0.15, 0.2) is 0 Å². The van der Waals surface area contributed by atoms with E-state index in [0.29, 0.717) is 18.9 Å². The summed E-state index contributed by atoms with van der Waals surface area (Å²) in [5.41, 5.74) is 5.50. The Morgan fingerprint density at radius 1 is 1.12 bits per heavy atom. The van der Waals surface area contributed by atoms with Crippen LogP contribution in [0.3, 0.4) is 0 Å². The van der Waals surface area contributed by atoms with Gasteiger partial charge in [0, 0.05) is 18.7 Å². The second-order valence-electron chi connectivity index (χ2n) is 7.29. The first kappa shape index (κ1) is 20.6. The molecule has 144 valence electrons. The molecule has 1 aliphatic carbocycles. The van der Waals surface area contributed by atoms with E-state index in [9.17, 15) is 9.59 Å². The summed E-state index contributed by atoms with van der Waals surface area (Å²) in [6, 6.07) is -0.284. The molecule has 5 nitrogen and oxygen atoms in total. The molecule has 2 unspecified atom stereocenters. The molecule has 25 heavy (non-hydrogen) atoms.